The summed E-state index contributed by atoms with van der Waals surface area (Å²) in [5.41, 5.74) is 3.46. The molecular weight excluding hydrogens is 356 g/mol. The fourth-order valence-corrected chi connectivity index (χ4v) is 2.87. The lowest BCUT2D eigenvalue weighted by atomic mass is 10.1. The molecule has 0 radical (unpaired) electrons. The summed E-state index contributed by atoms with van der Waals surface area (Å²) in [5, 5.41) is 2.90. The Morgan fingerprint density at radius 3 is 2.22 bits per heavy atom. The topological polar surface area (TPSA) is 49.4 Å². The van der Waals surface area contributed by atoms with Crippen LogP contribution in [0.1, 0.15) is 18.1 Å². The van der Waals surface area contributed by atoms with Crippen molar-refractivity contribution >= 4 is 39.1 Å². The minimum absolute atomic E-state index is 0.0360. The largest absolute Gasteiger partial charge is 0.324 e. The SMILES string of the molecule is CC(=O)N(CC(=O)Nc1c(C)cccc1C)c1ccccc1Br. The maximum absolute atomic E-state index is 12.4. The standard InChI is InChI=1S/C18H19BrN2O2/c1-12-7-6-8-13(2)18(12)20-17(23)11-21(14(3)22)16-10-5-4-9-15(16)19/h4-10H,11H2,1-3H3,(H,20,23). The zero-order valence-electron chi connectivity index (χ0n) is 13.4. The number of carbonyl (C=O) groups excluding carboxylic acids is 2. The van der Waals surface area contributed by atoms with E-state index < -0.39 is 0 Å². The molecule has 2 aromatic carbocycles. The number of benzene rings is 2. The van der Waals surface area contributed by atoms with Crippen molar-refractivity contribution in [3.05, 3.63) is 58.1 Å². The molecule has 0 aliphatic heterocycles. The van der Waals surface area contributed by atoms with Gasteiger partial charge in [0, 0.05) is 17.1 Å². The first-order valence-electron chi connectivity index (χ1n) is 7.29. The van der Waals surface area contributed by atoms with Gasteiger partial charge < -0.3 is 10.2 Å². The van der Waals surface area contributed by atoms with E-state index in [1.54, 1.807) is 6.07 Å². The molecule has 120 valence electrons. The van der Waals surface area contributed by atoms with Gasteiger partial charge in [-0.25, -0.2) is 0 Å². The second-order valence-electron chi connectivity index (χ2n) is 5.37. The van der Waals surface area contributed by atoms with Gasteiger partial charge in [-0.05, 0) is 53.0 Å². The molecule has 0 bridgehead atoms. The Kier molecular flexibility index (Phi) is 5.55. The molecule has 0 atom stereocenters. The van der Waals surface area contributed by atoms with Crippen molar-refractivity contribution in [2.75, 3.05) is 16.8 Å². The third-order valence-corrected chi connectivity index (χ3v) is 4.24. The number of halogens is 1. The number of carbonyl (C=O) groups is 2. The third-order valence-electron chi connectivity index (χ3n) is 3.57. The molecule has 0 aromatic heterocycles. The van der Waals surface area contributed by atoms with Crippen LogP contribution in [0.3, 0.4) is 0 Å². The van der Waals surface area contributed by atoms with E-state index in [0.717, 1.165) is 21.3 Å². The monoisotopic (exact) mass is 374 g/mol. The molecule has 0 saturated heterocycles. The summed E-state index contributed by atoms with van der Waals surface area (Å²) < 4.78 is 0.773. The van der Waals surface area contributed by atoms with Crippen molar-refractivity contribution in [2.24, 2.45) is 0 Å². The van der Waals surface area contributed by atoms with Gasteiger partial charge in [0.25, 0.3) is 0 Å². The molecule has 2 rings (SSSR count). The molecule has 0 heterocycles. The van der Waals surface area contributed by atoms with E-state index in [1.165, 1.54) is 11.8 Å². The molecule has 2 amide bonds. The van der Waals surface area contributed by atoms with Gasteiger partial charge in [-0.1, -0.05) is 30.3 Å². The lowest BCUT2D eigenvalue weighted by Gasteiger charge is -2.22. The second kappa shape index (κ2) is 7.42. The summed E-state index contributed by atoms with van der Waals surface area (Å²) in [6, 6.07) is 13.2. The first kappa shape index (κ1) is 17.2. The molecule has 0 spiro atoms. The Bertz CT molecular complexity index is 723. The van der Waals surface area contributed by atoms with E-state index in [1.807, 2.05) is 50.2 Å². The van der Waals surface area contributed by atoms with Gasteiger partial charge >= 0.3 is 0 Å². The van der Waals surface area contributed by atoms with E-state index in [-0.39, 0.29) is 18.4 Å². The summed E-state index contributed by atoms with van der Waals surface area (Å²) >= 11 is 3.42. The fraction of sp³-hybridized carbons (Fsp3) is 0.222. The Labute approximate surface area is 144 Å². The van der Waals surface area contributed by atoms with Crippen molar-refractivity contribution in [1.82, 2.24) is 0 Å². The molecule has 0 aliphatic carbocycles. The van der Waals surface area contributed by atoms with Gasteiger partial charge in [0.1, 0.15) is 6.54 Å². The molecule has 1 N–H and O–H groups in total. The molecule has 2 aromatic rings. The van der Waals surface area contributed by atoms with Gasteiger partial charge in [0.05, 0.1) is 5.69 Å². The highest BCUT2D eigenvalue weighted by molar-refractivity contribution is 9.10. The van der Waals surface area contributed by atoms with Crippen LogP contribution < -0.4 is 10.2 Å². The van der Waals surface area contributed by atoms with Crippen molar-refractivity contribution in [2.45, 2.75) is 20.8 Å². The van der Waals surface area contributed by atoms with Crippen LogP contribution in [0, 0.1) is 13.8 Å². The van der Waals surface area contributed by atoms with Gasteiger partial charge in [-0.3, -0.25) is 9.59 Å². The number of anilines is 2. The molecule has 0 saturated carbocycles. The van der Waals surface area contributed by atoms with Crippen LogP contribution in [0.15, 0.2) is 46.9 Å². The Morgan fingerprint density at radius 2 is 1.65 bits per heavy atom. The summed E-state index contributed by atoms with van der Waals surface area (Å²) in [6.07, 6.45) is 0. The number of rotatable bonds is 4. The van der Waals surface area contributed by atoms with Crippen LogP contribution in [0.2, 0.25) is 0 Å². The zero-order chi connectivity index (χ0) is 17.0. The number of aryl methyl sites for hydroxylation is 2. The molecule has 4 nitrogen and oxygen atoms in total. The van der Waals surface area contributed by atoms with Crippen molar-refractivity contribution in [3.8, 4) is 0 Å². The molecule has 5 heteroatoms. The normalized spacial score (nSPS) is 10.3. The minimum atomic E-state index is -0.228. The third kappa shape index (κ3) is 4.20. The summed E-state index contributed by atoms with van der Waals surface area (Å²) in [6.45, 7) is 5.30. The first-order valence-corrected chi connectivity index (χ1v) is 8.08. The number of hydrogen-bond donors (Lipinski definition) is 1. The molecular formula is C18H19BrN2O2. The van der Waals surface area contributed by atoms with Crippen LogP contribution in [0.25, 0.3) is 0 Å². The summed E-state index contributed by atoms with van der Waals surface area (Å²) in [7, 11) is 0. The average Bonchev–Trinajstić information content (AvgIpc) is 2.49. The van der Waals surface area contributed by atoms with Gasteiger partial charge in [-0.2, -0.15) is 0 Å². The van der Waals surface area contributed by atoms with Gasteiger partial charge in [-0.15, -0.1) is 0 Å². The fourth-order valence-electron chi connectivity index (χ4n) is 2.37. The number of nitrogens with one attached hydrogen (secondary N) is 1. The van der Waals surface area contributed by atoms with Gasteiger partial charge in [0.2, 0.25) is 11.8 Å². The van der Waals surface area contributed by atoms with E-state index >= 15 is 0 Å². The molecule has 0 fully saturated rings. The lowest BCUT2D eigenvalue weighted by molar-refractivity contribution is -0.120. The predicted molar refractivity (Wildman–Crippen MR) is 96.7 cm³/mol. The van der Waals surface area contributed by atoms with Gasteiger partial charge in [0.15, 0.2) is 0 Å². The predicted octanol–water partition coefficient (Wildman–Crippen LogP) is 4.06. The minimum Gasteiger partial charge on any atom is -0.324 e. The highest BCUT2D eigenvalue weighted by Gasteiger charge is 2.18. The number of amides is 2. The summed E-state index contributed by atoms with van der Waals surface area (Å²) in [4.78, 5) is 25.8. The average molecular weight is 375 g/mol. The quantitative estimate of drug-likeness (QED) is 0.876. The van der Waals surface area contributed by atoms with Crippen LogP contribution in [-0.4, -0.2) is 18.4 Å². The highest BCUT2D eigenvalue weighted by atomic mass is 79.9. The molecule has 0 unspecified atom stereocenters. The lowest BCUT2D eigenvalue weighted by Crippen LogP contribution is -2.37. The zero-order valence-corrected chi connectivity index (χ0v) is 15.0. The maximum Gasteiger partial charge on any atom is 0.244 e. The first-order chi connectivity index (χ1) is 10.9. The molecule has 23 heavy (non-hydrogen) atoms. The van der Waals surface area contributed by atoms with Crippen molar-refractivity contribution in [3.63, 3.8) is 0 Å². The smallest absolute Gasteiger partial charge is 0.244 e. The highest BCUT2D eigenvalue weighted by Crippen LogP contribution is 2.26. The Morgan fingerprint density at radius 1 is 1.04 bits per heavy atom. The van der Waals surface area contributed by atoms with Crippen LogP contribution in [0.5, 0.6) is 0 Å². The number of nitrogens with zero attached hydrogens (tertiary/aromatic N) is 1. The van der Waals surface area contributed by atoms with Crippen LogP contribution in [0.4, 0.5) is 11.4 Å². The van der Waals surface area contributed by atoms with Crippen molar-refractivity contribution < 1.29 is 9.59 Å². The van der Waals surface area contributed by atoms with E-state index in [9.17, 15) is 9.59 Å². The Hall–Kier alpha value is -2.14. The second-order valence-corrected chi connectivity index (χ2v) is 6.23. The van der Waals surface area contributed by atoms with Crippen LogP contribution in [-0.2, 0) is 9.59 Å². The number of hydrogen-bond acceptors (Lipinski definition) is 2. The van der Waals surface area contributed by atoms with E-state index in [2.05, 4.69) is 21.2 Å². The molecule has 0 aliphatic rings. The van der Waals surface area contributed by atoms with Crippen LogP contribution >= 0.6 is 15.9 Å². The van der Waals surface area contributed by atoms with Crippen molar-refractivity contribution in [1.29, 1.82) is 0 Å². The maximum atomic E-state index is 12.4. The summed E-state index contributed by atoms with van der Waals surface area (Å²) in [5.74, 6) is -0.415. The Balaban J connectivity index is 2.20. The van der Waals surface area contributed by atoms with E-state index in [4.69, 9.17) is 0 Å². The van der Waals surface area contributed by atoms with E-state index in [0.29, 0.717) is 5.69 Å². The number of para-hydroxylation sites is 2.